The first-order chi connectivity index (χ1) is 7.65. The molecule has 1 aromatic rings. The van der Waals surface area contributed by atoms with Crippen molar-refractivity contribution in [1.29, 1.82) is 0 Å². The highest BCUT2D eigenvalue weighted by molar-refractivity contribution is 9.09. The third-order valence-electron chi connectivity index (χ3n) is 3.02. The number of furan rings is 1. The fourth-order valence-electron chi connectivity index (χ4n) is 2.10. The molecule has 2 atom stereocenters. The van der Waals surface area contributed by atoms with E-state index in [-0.39, 0.29) is 5.91 Å². The van der Waals surface area contributed by atoms with Gasteiger partial charge in [0, 0.05) is 11.4 Å². The van der Waals surface area contributed by atoms with Crippen LogP contribution in [0.5, 0.6) is 0 Å². The first-order valence-corrected chi connectivity index (χ1v) is 6.54. The highest BCUT2D eigenvalue weighted by Gasteiger charge is 2.23. The molecule has 1 aliphatic rings. The zero-order valence-corrected chi connectivity index (χ0v) is 10.9. The number of aryl methyl sites for hydroxylation is 1. The predicted octanol–water partition coefficient (Wildman–Crippen LogP) is 2.88. The van der Waals surface area contributed by atoms with E-state index < -0.39 is 0 Å². The van der Waals surface area contributed by atoms with Gasteiger partial charge in [-0.2, -0.15) is 0 Å². The zero-order valence-electron chi connectivity index (χ0n) is 9.33. The number of hydrogen-bond donors (Lipinski definition) is 1. The molecule has 88 valence electrons. The van der Waals surface area contributed by atoms with E-state index in [9.17, 15) is 4.79 Å². The first-order valence-electron chi connectivity index (χ1n) is 5.62. The molecule has 4 heteroatoms. The highest BCUT2D eigenvalue weighted by Crippen LogP contribution is 2.30. The summed E-state index contributed by atoms with van der Waals surface area (Å²) in [6.07, 6.45) is 5.07. The Morgan fingerprint density at radius 3 is 3.00 bits per heavy atom. The maximum Gasteiger partial charge on any atom is 0.254 e. The van der Waals surface area contributed by atoms with Crippen LogP contribution in [0.15, 0.2) is 16.7 Å². The summed E-state index contributed by atoms with van der Waals surface area (Å²) in [4.78, 5) is 12.3. The number of nitrogens with one attached hydrogen (secondary N) is 1. The van der Waals surface area contributed by atoms with Crippen molar-refractivity contribution >= 4 is 21.8 Å². The summed E-state index contributed by atoms with van der Waals surface area (Å²) in [5.74, 6) is 1.35. The minimum absolute atomic E-state index is 0.0325. The Labute approximate surface area is 104 Å². The van der Waals surface area contributed by atoms with Gasteiger partial charge in [0.25, 0.3) is 5.91 Å². The van der Waals surface area contributed by atoms with Crippen LogP contribution in [0.1, 0.15) is 35.4 Å². The summed E-state index contributed by atoms with van der Waals surface area (Å²) in [7, 11) is 0. The smallest absolute Gasteiger partial charge is 0.254 e. The average molecular weight is 286 g/mol. The third kappa shape index (κ3) is 2.88. The second kappa shape index (κ2) is 5.04. The Bertz CT molecular complexity index is 375. The van der Waals surface area contributed by atoms with Crippen molar-refractivity contribution in [3.8, 4) is 0 Å². The molecule has 1 fully saturated rings. The fraction of sp³-hybridized carbons (Fsp3) is 0.583. The second-order valence-electron chi connectivity index (χ2n) is 4.43. The van der Waals surface area contributed by atoms with Gasteiger partial charge in [0.15, 0.2) is 0 Å². The van der Waals surface area contributed by atoms with E-state index in [2.05, 4.69) is 21.2 Å². The molecule has 16 heavy (non-hydrogen) atoms. The minimum atomic E-state index is -0.0325. The highest BCUT2D eigenvalue weighted by atomic mass is 79.9. The molecule has 1 saturated carbocycles. The minimum Gasteiger partial charge on any atom is -0.469 e. The van der Waals surface area contributed by atoms with Crippen molar-refractivity contribution in [2.24, 2.45) is 5.92 Å². The number of halogens is 1. The molecule has 1 heterocycles. The quantitative estimate of drug-likeness (QED) is 0.868. The molecule has 1 aliphatic carbocycles. The van der Waals surface area contributed by atoms with Gasteiger partial charge in [-0.05, 0) is 38.2 Å². The molecule has 2 unspecified atom stereocenters. The molecule has 0 radical (unpaired) electrons. The molecule has 2 rings (SSSR count). The van der Waals surface area contributed by atoms with E-state index in [1.807, 2.05) is 6.92 Å². The maximum atomic E-state index is 11.7. The van der Waals surface area contributed by atoms with Crippen molar-refractivity contribution < 1.29 is 9.21 Å². The van der Waals surface area contributed by atoms with Gasteiger partial charge in [0.2, 0.25) is 0 Å². The first kappa shape index (κ1) is 11.7. The van der Waals surface area contributed by atoms with Crippen LogP contribution in [-0.4, -0.2) is 17.3 Å². The summed E-state index contributed by atoms with van der Waals surface area (Å²) in [5.41, 5.74) is 0.617. The lowest BCUT2D eigenvalue weighted by atomic mass is 10.1. The van der Waals surface area contributed by atoms with Gasteiger partial charge in [-0.3, -0.25) is 4.79 Å². The molecule has 0 spiro atoms. The van der Waals surface area contributed by atoms with Gasteiger partial charge < -0.3 is 9.73 Å². The van der Waals surface area contributed by atoms with E-state index in [4.69, 9.17) is 4.42 Å². The van der Waals surface area contributed by atoms with Gasteiger partial charge in [-0.15, -0.1) is 0 Å². The molecule has 0 aromatic carbocycles. The summed E-state index contributed by atoms with van der Waals surface area (Å²) < 4.78 is 5.11. The van der Waals surface area contributed by atoms with Crippen molar-refractivity contribution in [1.82, 2.24) is 5.32 Å². The van der Waals surface area contributed by atoms with E-state index in [0.717, 1.165) is 18.7 Å². The standard InChI is InChI=1S/C12H16BrNO2/c1-8-4-10(7-16-8)12(15)14-6-9-2-3-11(13)5-9/h4,7,9,11H,2-3,5-6H2,1H3,(H,14,15). The van der Waals surface area contributed by atoms with E-state index >= 15 is 0 Å². The number of rotatable bonds is 3. The Balaban J connectivity index is 1.80. The number of amides is 1. The second-order valence-corrected chi connectivity index (χ2v) is 5.73. The molecule has 0 bridgehead atoms. The largest absolute Gasteiger partial charge is 0.469 e. The molecule has 3 nitrogen and oxygen atoms in total. The van der Waals surface area contributed by atoms with Crippen LogP contribution in [0, 0.1) is 12.8 Å². The predicted molar refractivity (Wildman–Crippen MR) is 65.8 cm³/mol. The van der Waals surface area contributed by atoms with Crippen molar-refractivity contribution in [2.45, 2.75) is 31.0 Å². The summed E-state index contributed by atoms with van der Waals surface area (Å²) >= 11 is 3.61. The average Bonchev–Trinajstić information content (AvgIpc) is 2.84. The molecule has 1 amide bonds. The number of hydrogen-bond acceptors (Lipinski definition) is 2. The van der Waals surface area contributed by atoms with E-state index in [0.29, 0.717) is 16.3 Å². The lowest BCUT2D eigenvalue weighted by molar-refractivity contribution is 0.0947. The number of carbonyl (C=O) groups is 1. The van der Waals surface area contributed by atoms with Gasteiger partial charge in [0.05, 0.1) is 5.56 Å². The van der Waals surface area contributed by atoms with Gasteiger partial charge in [-0.25, -0.2) is 0 Å². The van der Waals surface area contributed by atoms with Crippen LogP contribution in [-0.2, 0) is 0 Å². The van der Waals surface area contributed by atoms with Crippen LogP contribution < -0.4 is 5.32 Å². The summed E-state index contributed by atoms with van der Waals surface area (Å²) in [5, 5.41) is 2.96. The summed E-state index contributed by atoms with van der Waals surface area (Å²) in [6.45, 7) is 2.61. The normalized spacial score (nSPS) is 24.6. The molecular formula is C12H16BrNO2. The van der Waals surface area contributed by atoms with Gasteiger partial charge >= 0.3 is 0 Å². The third-order valence-corrected chi connectivity index (χ3v) is 3.85. The van der Waals surface area contributed by atoms with Crippen LogP contribution in [0.2, 0.25) is 0 Å². The molecule has 0 aliphatic heterocycles. The molecule has 0 saturated heterocycles. The van der Waals surface area contributed by atoms with Crippen LogP contribution in [0.3, 0.4) is 0 Å². The maximum absolute atomic E-state index is 11.7. The molecule has 1 N–H and O–H groups in total. The van der Waals surface area contributed by atoms with E-state index in [1.54, 1.807) is 6.07 Å². The SMILES string of the molecule is Cc1cc(C(=O)NCC2CCC(Br)C2)co1. The molecule has 1 aromatic heterocycles. The topological polar surface area (TPSA) is 42.2 Å². The van der Waals surface area contributed by atoms with Gasteiger partial charge in [0.1, 0.15) is 12.0 Å². The monoisotopic (exact) mass is 285 g/mol. The Kier molecular flexibility index (Phi) is 3.69. The van der Waals surface area contributed by atoms with Crippen LogP contribution >= 0.6 is 15.9 Å². The lowest BCUT2D eigenvalue weighted by Crippen LogP contribution is -2.28. The Morgan fingerprint density at radius 1 is 1.62 bits per heavy atom. The Morgan fingerprint density at radius 2 is 2.44 bits per heavy atom. The molecular weight excluding hydrogens is 270 g/mol. The van der Waals surface area contributed by atoms with E-state index in [1.165, 1.54) is 19.1 Å². The lowest BCUT2D eigenvalue weighted by Gasteiger charge is -2.09. The zero-order chi connectivity index (χ0) is 11.5. The van der Waals surface area contributed by atoms with Crippen molar-refractivity contribution in [3.05, 3.63) is 23.7 Å². The fourth-order valence-corrected chi connectivity index (χ4v) is 2.89. The number of carbonyl (C=O) groups excluding carboxylic acids is 1. The Hall–Kier alpha value is -0.770. The van der Waals surface area contributed by atoms with Gasteiger partial charge in [-0.1, -0.05) is 15.9 Å². The van der Waals surface area contributed by atoms with Crippen molar-refractivity contribution in [3.63, 3.8) is 0 Å². The van der Waals surface area contributed by atoms with Crippen LogP contribution in [0.4, 0.5) is 0 Å². The van der Waals surface area contributed by atoms with Crippen molar-refractivity contribution in [2.75, 3.05) is 6.54 Å². The summed E-state index contributed by atoms with van der Waals surface area (Å²) in [6, 6.07) is 1.76. The number of alkyl halides is 1. The van der Waals surface area contributed by atoms with Crippen LogP contribution in [0.25, 0.3) is 0 Å².